The molecule has 0 spiro atoms. The first-order valence-electron chi connectivity index (χ1n) is 5.90. The van der Waals surface area contributed by atoms with Crippen molar-refractivity contribution in [2.75, 3.05) is 13.2 Å². The number of esters is 1. The summed E-state index contributed by atoms with van der Waals surface area (Å²) in [5.41, 5.74) is 6.00. The molecule has 0 fully saturated rings. The minimum atomic E-state index is -0.773. The van der Waals surface area contributed by atoms with E-state index >= 15 is 0 Å². The van der Waals surface area contributed by atoms with Gasteiger partial charge in [0.25, 0.3) is 0 Å². The third-order valence-electron chi connectivity index (χ3n) is 2.33. The van der Waals surface area contributed by atoms with Gasteiger partial charge < -0.3 is 15.8 Å². The third-order valence-corrected chi connectivity index (χ3v) is 2.33. The van der Waals surface area contributed by atoms with Gasteiger partial charge in [-0.2, -0.15) is 0 Å². The normalized spacial score (nSPS) is 11.7. The molecule has 5 heteroatoms. The number of hydrogen-bond acceptors (Lipinski definition) is 4. The number of carbonyl (C=O) groups excluding carboxylic acids is 2. The first kappa shape index (κ1) is 14.2. The van der Waals surface area contributed by atoms with Crippen molar-refractivity contribution in [1.82, 2.24) is 5.32 Å². The SMILES string of the molecule is CCOC(=O)[C@H](NC(=O)CCN)c1ccccc1. The summed E-state index contributed by atoms with van der Waals surface area (Å²) in [6.45, 7) is 2.24. The Labute approximate surface area is 106 Å². The highest BCUT2D eigenvalue weighted by Crippen LogP contribution is 2.14. The summed E-state index contributed by atoms with van der Waals surface area (Å²) in [6.07, 6.45) is 0.183. The molecule has 0 aromatic heterocycles. The zero-order valence-corrected chi connectivity index (χ0v) is 10.4. The number of nitrogens with one attached hydrogen (secondary N) is 1. The monoisotopic (exact) mass is 250 g/mol. The van der Waals surface area contributed by atoms with Gasteiger partial charge in [-0.1, -0.05) is 30.3 Å². The van der Waals surface area contributed by atoms with Gasteiger partial charge in [-0.05, 0) is 12.5 Å². The standard InChI is InChI=1S/C13H18N2O3/c1-2-18-13(17)12(15-11(16)8-9-14)10-6-4-3-5-7-10/h3-7,12H,2,8-9,14H2,1H3,(H,15,16)/t12-/m1/s1. The molecule has 1 aromatic carbocycles. The molecule has 5 nitrogen and oxygen atoms in total. The summed E-state index contributed by atoms with van der Waals surface area (Å²) in [5.74, 6) is -0.728. The Morgan fingerprint density at radius 3 is 2.56 bits per heavy atom. The average Bonchev–Trinajstić information content (AvgIpc) is 2.37. The molecule has 0 aliphatic rings. The van der Waals surface area contributed by atoms with Crippen molar-refractivity contribution in [1.29, 1.82) is 0 Å². The fourth-order valence-electron chi connectivity index (χ4n) is 1.51. The number of amides is 1. The molecule has 0 radical (unpaired) electrons. The first-order chi connectivity index (χ1) is 8.69. The number of rotatable bonds is 6. The molecular formula is C13H18N2O3. The van der Waals surface area contributed by atoms with E-state index in [1.54, 1.807) is 31.2 Å². The van der Waals surface area contributed by atoms with Crippen LogP contribution in [0.25, 0.3) is 0 Å². The Hall–Kier alpha value is -1.88. The molecule has 0 saturated carbocycles. The van der Waals surface area contributed by atoms with E-state index in [1.165, 1.54) is 0 Å². The molecule has 1 rings (SSSR count). The summed E-state index contributed by atoms with van der Waals surface area (Å²) >= 11 is 0. The van der Waals surface area contributed by atoms with Crippen LogP contribution >= 0.6 is 0 Å². The van der Waals surface area contributed by atoms with Gasteiger partial charge in [-0.25, -0.2) is 4.79 Å². The molecule has 98 valence electrons. The van der Waals surface area contributed by atoms with Crippen molar-refractivity contribution in [3.05, 3.63) is 35.9 Å². The maximum Gasteiger partial charge on any atom is 0.333 e. The second kappa shape index (κ2) is 7.45. The molecule has 0 heterocycles. The van der Waals surface area contributed by atoms with Crippen molar-refractivity contribution < 1.29 is 14.3 Å². The van der Waals surface area contributed by atoms with Gasteiger partial charge in [0, 0.05) is 13.0 Å². The smallest absolute Gasteiger partial charge is 0.333 e. The lowest BCUT2D eigenvalue weighted by Gasteiger charge is -2.17. The molecule has 0 saturated heterocycles. The van der Waals surface area contributed by atoms with Crippen LogP contribution in [0.15, 0.2) is 30.3 Å². The van der Waals surface area contributed by atoms with Gasteiger partial charge in [0.05, 0.1) is 6.61 Å². The molecule has 18 heavy (non-hydrogen) atoms. The maximum atomic E-state index is 11.8. The predicted octanol–water partition coefficient (Wildman–Crippen LogP) is 0.756. The van der Waals surface area contributed by atoms with Gasteiger partial charge in [0.1, 0.15) is 0 Å². The van der Waals surface area contributed by atoms with Crippen LogP contribution in [0.4, 0.5) is 0 Å². The molecule has 3 N–H and O–H groups in total. The topological polar surface area (TPSA) is 81.4 Å². The van der Waals surface area contributed by atoms with E-state index in [-0.39, 0.29) is 25.5 Å². The minimum Gasteiger partial charge on any atom is -0.464 e. The zero-order valence-electron chi connectivity index (χ0n) is 10.4. The quantitative estimate of drug-likeness (QED) is 0.730. The zero-order chi connectivity index (χ0) is 13.4. The van der Waals surface area contributed by atoms with E-state index in [2.05, 4.69) is 5.32 Å². The lowest BCUT2D eigenvalue weighted by atomic mass is 10.1. The summed E-state index contributed by atoms with van der Waals surface area (Å²) < 4.78 is 4.95. The molecule has 0 aliphatic carbocycles. The summed E-state index contributed by atoms with van der Waals surface area (Å²) in [7, 11) is 0. The first-order valence-corrected chi connectivity index (χ1v) is 5.90. The van der Waals surface area contributed by atoms with Crippen LogP contribution in [0, 0.1) is 0 Å². The fraction of sp³-hybridized carbons (Fsp3) is 0.385. The Morgan fingerprint density at radius 1 is 1.33 bits per heavy atom. The summed E-state index contributed by atoms with van der Waals surface area (Å²) in [4.78, 5) is 23.4. The maximum absolute atomic E-state index is 11.8. The molecule has 1 amide bonds. The van der Waals surface area contributed by atoms with E-state index in [0.29, 0.717) is 5.56 Å². The average molecular weight is 250 g/mol. The van der Waals surface area contributed by atoms with Crippen molar-refractivity contribution in [3.8, 4) is 0 Å². The Balaban J connectivity index is 2.82. The predicted molar refractivity (Wildman–Crippen MR) is 67.6 cm³/mol. The molecule has 1 aromatic rings. The summed E-state index contributed by atoms with van der Waals surface area (Å²) in [6, 6.07) is 8.21. The van der Waals surface area contributed by atoms with E-state index in [4.69, 9.17) is 10.5 Å². The van der Waals surface area contributed by atoms with Crippen molar-refractivity contribution in [2.24, 2.45) is 5.73 Å². The van der Waals surface area contributed by atoms with Gasteiger partial charge in [-0.3, -0.25) is 4.79 Å². The van der Waals surface area contributed by atoms with Crippen LogP contribution in [-0.2, 0) is 14.3 Å². The van der Waals surface area contributed by atoms with Gasteiger partial charge in [0.2, 0.25) is 5.91 Å². The van der Waals surface area contributed by atoms with E-state index in [1.807, 2.05) is 6.07 Å². The second-order valence-corrected chi connectivity index (χ2v) is 3.70. The highest BCUT2D eigenvalue weighted by atomic mass is 16.5. The van der Waals surface area contributed by atoms with E-state index < -0.39 is 12.0 Å². The van der Waals surface area contributed by atoms with Crippen molar-refractivity contribution in [2.45, 2.75) is 19.4 Å². The van der Waals surface area contributed by atoms with Crippen LogP contribution in [0.5, 0.6) is 0 Å². The largest absolute Gasteiger partial charge is 0.464 e. The Morgan fingerprint density at radius 2 is 2.00 bits per heavy atom. The van der Waals surface area contributed by atoms with Crippen LogP contribution in [-0.4, -0.2) is 25.0 Å². The molecule has 0 unspecified atom stereocenters. The fourth-order valence-corrected chi connectivity index (χ4v) is 1.51. The molecule has 1 atom stereocenters. The van der Waals surface area contributed by atoms with Crippen molar-refractivity contribution >= 4 is 11.9 Å². The number of carbonyl (C=O) groups is 2. The molecule has 0 aliphatic heterocycles. The van der Waals surface area contributed by atoms with Gasteiger partial charge in [0.15, 0.2) is 6.04 Å². The van der Waals surface area contributed by atoms with Gasteiger partial charge >= 0.3 is 5.97 Å². The lowest BCUT2D eigenvalue weighted by molar-refractivity contribution is -0.147. The van der Waals surface area contributed by atoms with Crippen LogP contribution in [0.2, 0.25) is 0 Å². The number of ether oxygens (including phenoxy) is 1. The number of hydrogen-bond donors (Lipinski definition) is 2. The van der Waals surface area contributed by atoms with Crippen molar-refractivity contribution in [3.63, 3.8) is 0 Å². The van der Waals surface area contributed by atoms with Gasteiger partial charge in [-0.15, -0.1) is 0 Å². The van der Waals surface area contributed by atoms with E-state index in [0.717, 1.165) is 0 Å². The Bertz CT molecular complexity index is 392. The Kier molecular flexibility index (Phi) is 5.87. The second-order valence-electron chi connectivity index (χ2n) is 3.70. The molecular weight excluding hydrogens is 232 g/mol. The highest BCUT2D eigenvalue weighted by molar-refractivity contribution is 5.85. The van der Waals surface area contributed by atoms with Crippen LogP contribution < -0.4 is 11.1 Å². The lowest BCUT2D eigenvalue weighted by Crippen LogP contribution is -2.35. The van der Waals surface area contributed by atoms with Crippen LogP contribution in [0.1, 0.15) is 24.9 Å². The van der Waals surface area contributed by atoms with E-state index in [9.17, 15) is 9.59 Å². The number of nitrogens with two attached hydrogens (primary N) is 1. The summed E-state index contributed by atoms with van der Waals surface area (Å²) in [5, 5.41) is 2.63. The van der Waals surface area contributed by atoms with Crippen LogP contribution in [0.3, 0.4) is 0 Å². The minimum absolute atomic E-state index is 0.183. The third kappa shape index (κ3) is 4.18. The number of benzene rings is 1. The highest BCUT2D eigenvalue weighted by Gasteiger charge is 2.23. The molecule has 0 bridgehead atoms.